The zero-order valence-electron chi connectivity index (χ0n) is 13.3. The van der Waals surface area contributed by atoms with Crippen LogP contribution in [0, 0.1) is 5.92 Å². The molecule has 1 saturated heterocycles. The third-order valence-electron chi connectivity index (χ3n) is 4.38. The number of halogens is 1. The van der Waals surface area contributed by atoms with E-state index in [2.05, 4.69) is 61.8 Å². The van der Waals surface area contributed by atoms with Gasteiger partial charge in [-0.15, -0.1) is 0 Å². The molecule has 1 aromatic rings. The Morgan fingerprint density at radius 2 is 1.76 bits per heavy atom. The minimum Gasteiger partial charge on any atom is -0.229 e. The van der Waals surface area contributed by atoms with E-state index in [9.17, 15) is 8.42 Å². The maximum Gasteiger partial charge on any atom is 0.150 e. The highest BCUT2D eigenvalue weighted by molar-refractivity contribution is 9.09. The van der Waals surface area contributed by atoms with Crippen LogP contribution in [-0.4, -0.2) is 19.9 Å². The zero-order chi connectivity index (χ0) is 15.8. The summed E-state index contributed by atoms with van der Waals surface area (Å²) in [5.41, 5.74) is 3.95. The second-order valence-electron chi connectivity index (χ2n) is 6.76. The van der Waals surface area contributed by atoms with Crippen LogP contribution < -0.4 is 0 Å². The Balaban J connectivity index is 2.34. The van der Waals surface area contributed by atoms with Gasteiger partial charge in [0.15, 0.2) is 9.84 Å². The number of hydrogen-bond donors (Lipinski definition) is 0. The molecule has 1 aliphatic heterocycles. The van der Waals surface area contributed by atoms with E-state index in [1.165, 1.54) is 16.7 Å². The third-order valence-corrected chi connectivity index (χ3v) is 7.41. The summed E-state index contributed by atoms with van der Waals surface area (Å²) >= 11 is 3.78. The predicted octanol–water partition coefficient (Wildman–Crippen LogP) is 4.80. The van der Waals surface area contributed by atoms with Crippen molar-refractivity contribution in [3.05, 3.63) is 34.9 Å². The second-order valence-corrected chi connectivity index (χ2v) is 9.98. The Morgan fingerprint density at radius 3 is 2.24 bits per heavy atom. The van der Waals surface area contributed by atoms with E-state index in [0.717, 1.165) is 6.42 Å². The average Bonchev–Trinajstić information content (AvgIpc) is 2.77. The molecular formula is C17H25BrO2S. The molecule has 2 rings (SSSR count). The molecule has 1 aliphatic rings. The summed E-state index contributed by atoms with van der Waals surface area (Å²) < 4.78 is 23.4. The maximum atomic E-state index is 11.7. The van der Waals surface area contributed by atoms with Gasteiger partial charge in [-0.05, 0) is 40.9 Å². The van der Waals surface area contributed by atoms with E-state index >= 15 is 0 Å². The fourth-order valence-electron chi connectivity index (χ4n) is 3.01. The lowest BCUT2D eigenvalue weighted by Crippen LogP contribution is -2.12. The molecule has 0 radical (unpaired) electrons. The van der Waals surface area contributed by atoms with Gasteiger partial charge < -0.3 is 0 Å². The van der Waals surface area contributed by atoms with E-state index in [4.69, 9.17) is 0 Å². The largest absolute Gasteiger partial charge is 0.229 e. The first-order valence-corrected chi connectivity index (χ1v) is 10.4. The Hall–Kier alpha value is -0.350. The topological polar surface area (TPSA) is 34.1 Å². The first kappa shape index (κ1) is 17.0. The summed E-state index contributed by atoms with van der Waals surface area (Å²) in [7, 11) is -2.83. The van der Waals surface area contributed by atoms with Crippen LogP contribution in [0.2, 0.25) is 0 Å². The van der Waals surface area contributed by atoms with Crippen LogP contribution in [0.25, 0.3) is 0 Å². The normalized spacial score (nSPS) is 22.9. The summed E-state index contributed by atoms with van der Waals surface area (Å²) in [6.07, 6.45) is 0.766. The van der Waals surface area contributed by atoms with Crippen molar-refractivity contribution in [2.45, 2.75) is 50.8 Å². The molecular weight excluding hydrogens is 348 g/mol. The molecule has 21 heavy (non-hydrogen) atoms. The van der Waals surface area contributed by atoms with Crippen molar-refractivity contribution in [2.24, 2.45) is 5.92 Å². The van der Waals surface area contributed by atoms with Crippen molar-refractivity contribution < 1.29 is 8.42 Å². The predicted molar refractivity (Wildman–Crippen MR) is 93.0 cm³/mol. The van der Waals surface area contributed by atoms with Gasteiger partial charge >= 0.3 is 0 Å². The standard InChI is InChI=1S/C17H25BrO2S/c1-11(2)13-5-6-15(16(9-13)12(3)4)17(18)14-7-8-21(19,20)10-14/h5-6,9,11-12,14,17H,7-8,10H2,1-4H3. The van der Waals surface area contributed by atoms with E-state index in [1.54, 1.807) is 0 Å². The van der Waals surface area contributed by atoms with Gasteiger partial charge in [-0.2, -0.15) is 0 Å². The van der Waals surface area contributed by atoms with Gasteiger partial charge in [-0.1, -0.05) is 61.8 Å². The van der Waals surface area contributed by atoms with Crippen LogP contribution in [0.5, 0.6) is 0 Å². The van der Waals surface area contributed by atoms with Crippen LogP contribution >= 0.6 is 15.9 Å². The van der Waals surface area contributed by atoms with Crippen molar-refractivity contribution in [3.63, 3.8) is 0 Å². The van der Waals surface area contributed by atoms with E-state index in [1.807, 2.05) is 0 Å². The molecule has 0 N–H and O–H groups in total. The average molecular weight is 373 g/mol. The monoisotopic (exact) mass is 372 g/mol. The molecule has 0 spiro atoms. The molecule has 1 fully saturated rings. The lowest BCUT2D eigenvalue weighted by Gasteiger charge is -2.23. The summed E-state index contributed by atoms with van der Waals surface area (Å²) in [5, 5.41) is 0. The van der Waals surface area contributed by atoms with Crippen molar-refractivity contribution in [1.29, 1.82) is 0 Å². The van der Waals surface area contributed by atoms with E-state index in [-0.39, 0.29) is 10.7 Å². The van der Waals surface area contributed by atoms with Crippen LogP contribution in [0.4, 0.5) is 0 Å². The minimum absolute atomic E-state index is 0.133. The highest BCUT2D eigenvalue weighted by Crippen LogP contribution is 2.41. The third kappa shape index (κ3) is 3.89. The lowest BCUT2D eigenvalue weighted by molar-refractivity contribution is 0.575. The summed E-state index contributed by atoms with van der Waals surface area (Å²) in [6.45, 7) is 8.81. The van der Waals surface area contributed by atoms with Gasteiger partial charge in [0.1, 0.15) is 0 Å². The molecule has 2 unspecified atom stereocenters. The van der Waals surface area contributed by atoms with E-state index < -0.39 is 9.84 Å². The van der Waals surface area contributed by atoms with Crippen molar-refractivity contribution >= 4 is 25.8 Å². The number of hydrogen-bond acceptors (Lipinski definition) is 2. The fraction of sp³-hybridized carbons (Fsp3) is 0.647. The zero-order valence-corrected chi connectivity index (χ0v) is 15.7. The van der Waals surface area contributed by atoms with Gasteiger partial charge in [0.25, 0.3) is 0 Å². The highest BCUT2D eigenvalue weighted by Gasteiger charge is 2.34. The van der Waals surface area contributed by atoms with Crippen molar-refractivity contribution in [1.82, 2.24) is 0 Å². The van der Waals surface area contributed by atoms with Gasteiger partial charge in [0.05, 0.1) is 11.5 Å². The van der Waals surface area contributed by atoms with Crippen LogP contribution in [0.1, 0.15) is 67.5 Å². The van der Waals surface area contributed by atoms with Gasteiger partial charge in [-0.25, -0.2) is 8.42 Å². The Kier molecular flexibility index (Phi) is 5.19. The molecule has 4 heteroatoms. The van der Waals surface area contributed by atoms with Gasteiger partial charge in [0.2, 0.25) is 0 Å². The van der Waals surface area contributed by atoms with Crippen LogP contribution in [0.15, 0.2) is 18.2 Å². The number of alkyl halides is 1. The molecule has 0 bridgehead atoms. The summed E-state index contributed by atoms with van der Waals surface area (Å²) in [4.78, 5) is 0.133. The molecule has 0 amide bonds. The summed E-state index contributed by atoms with van der Waals surface area (Å²) in [6, 6.07) is 6.67. The molecule has 0 aromatic heterocycles. The quantitative estimate of drug-likeness (QED) is 0.710. The molecule has 0 saturated carbocycles. The molecule has 2 nitrogen and oxygen atoms in total. The minimum atomic E-state index is -2.83. The molecule has 0 aliphatic carbocycles. The number of benzene rings is 1. The van der Waals surface area contributed by atoms with Crippen LogP contribution in [0.3, 0.4) is 0 Å². The van der Waals surface area contributed by atoms with Crippen LogP contribution in [-0.2, 0) is 9.84 Å². The van der Waals surface area contributed by atoms with Gasteiger partial charge in [0, 0.05) is 4.83 Å². The van der Waals surface area contributed by atoms with E-state index in [0.29, 0.717) is 23.3 Å². The SMILES string of the molecule is CC(C)c1ccc(C(Br)C2CCS(=O)(=O)C2)c(C(C)C)c1. The van der Waals surface area contributed by atoms with Crippen molar-refractivity contribution in [3.8, 4) is 0 Å². The van der Waals surface area contributed by atoms with Crippen molar-refractivity contribution in [2.75, 3.05) is 11.5 Å². The Morgan fingerprint density at radius 1 is 1.10 bits per heavy atom. The first-order valence-electron chi connectivity index (χ1n) is 7.69. The number of sulfone groups is 1. The first-order chi connectivity index (χ1) is 9.71. The molecule has 1 heterocycles. The van der Waals surface area contributed by atoms with Gasteiger partial charge in [-0.3, -0.25) is 0 Å². The molecule has 2 atom stereocenters. The summed E-state index contributed by atoms with van der Waals surface area (Å²) in [5.74, 6) is 1.79. The molecule has 1 aromatic carbocycles. The second kappa shape index (κ2) is 6.41. The Labute approximate surface area is 137 Å². The number of rotatable bonds is 4. The highest BCUT2D eigenvalue weighted by atomic mass is 79.9. The smallest absolute Gasteiger partial charge is 0.150 e. The molecule has 118 valence electrons. The lowest BCUT2D eigenvalue weighted by atomic mass is 9.87. The fourth-order valence-corrected chi connectivity index (χ4v) is 5.97. The Bertz CT molecular complexity index is 605. The maximum absolute atomic E-state index is 11.7.